The molecule has 0 spiro atoms. The summed E-state index contributed by atoms with van der Waals surface area (Å²) in [4.78, 5) is 13.8. The van der Waals surface area contributed by atoms with Gasteiger partial charge in [0.15, 0.2) is 5.82 Å². The van der Waals surface area contributed by atoms with Gasteiger partial charge in [0, 0.05) is 17.3 Å². The first kappa shape index (κ1) is 14.5. The van der Waals surface area contributed by atoms with Crippen LogP contribution in [0.2, 0.25) is 0 Å². The maximum Gasteiger partial charge on any atom is 0.178 e. The number of fused-ring (bicyclic) bond motifs is 1. The van der Waals surface area contributed by atoms with Crippen LogP contribution in [0.25, 0.3) is 22.4 Å². The largest absolute Gasteiger partial charge is 0.249 e. The van der Waals surface area contributed by atoms with Crippen molar-refractivity contribution in [3.63, 3.8) is 0 Å². The molecule has 0 aliphatic heterocycles. The molecular formula is C21H17N3. The Balaban J connectivity index is 1.59. The van der Waals surface area contributed by atoms with Gasteiger partial charge in [-0.15, -0.1) is 0 Å². The number of nitrogens with zero attached hydrogens (tertiary/aromatic N) is 3. The number of rotatable bonds is 4. The van der Waals surface area contributed by atoms with Gasteiger partial charge in [0.1, 0.15) is 5.69 Å². The van der Waals surface area contributed by atoms with E-state index in [0.29, 0.717) is 5.82 Å². The lowest BCUT2D eigenvalue weighted by Crippen LogP contribution is -1.98. The molecule has 0 saturated heterocycles. The van der Waals surface area contributed by atoms with E-state index in [0.717, 1.165) is 35.1 Å². The van der Waals surface area contributed by atoms with Crippen LogP contribution in [0.3, 0.4) is 0 Å². The molecule has 0 unspecified atom stereocenters. The van der Waals surface area contributed by atoms with Crippen molar-refractivity contribution in [2.45, 2.75) is 12.8 Å². The van der Waals surface area contributed by atoms with Crippen molar-refractivity contribution in [1.29, 1.82) is 0 Å². The van der Waals surface area contributed by atoms with E-state index in [2.05, 4.69) is 40.3 Å². The SMILES string of the molecule is c1ccc(CCc2cccc(-c3ncc4ccccc4n3)n2)cc1. The minimum atomic E-state index is 0.676. The molecule has 0 N–H and O–H groups in total. The molecule has 2 aromatic heterocycles. The highest BCUT2D eigenvalue weighted by Gasteiger charge is 2.06. The molecule has 0 saturated carbocycles. The summed E-state index contributed by atoms with van der Waals surface area (Å²) in [5, 5.41) is 1.04. The van der Waals surface area contributed by atoms with Crippen molar-refractivity contribution in [3.8, 4) is 11.5 Å². The Labute approximate surface area is 141 Å². The maximum atomic E-state index is 4.74. The third-order valence-electron chi connectivity index (χ3n) is 4.04. The zero-order valence-electron chi connectivity index (χ0n) is 13.3. The predicted molar refractivity (Wildman–Crippen MR) is 96.6 cm³/mol. The Morgan fingerprint density at radius 3 is 2.42 bits per heavy atom. The molecule has 4 aromatic rings. The van der Waals surface area contributed by atoms with Crippen LogP contribution in [0.1, 0.15) is 11.3 Å². The zero-order valence-corrected chi connectivity index (χ0v) is 13.3. The van der Waals surface area contributed by atoms with E-state index >= 15 is 0 Å². The number of benzene rings is 2. The van der Waals surface area contributed by atoms with Crippen molar-refractivity contribution in [3.05, 3.63) is 90.3 Å². The maximum absolute atomic E-state index is 4.74. The van der Waals surface area contributed by atoms with Crippen molar-refractivity contribution >= 4 is 10.9 Å². The van der Waals surface area contributed by atoms with Gasteiger partial charge in [0.05, 0.1) is 5.52 Å². The summed E-state index contributed by atoms with van der Waals surface area (Å²) in [5.74, 6) is 0.676. The van der Waals surface area contributed by atoms with E-state index in [-0.39, 0.29) is 0 Å². The second kappa shape index (κ2) is 6.59. The highest BCUT2D eigenvalue weighted by Crippen LogP contribution is 2.17. The van der Waals surface area contributed by atoms with E-state index < -0.39 is 0 Å². The smallest absolute Gasteiger partial charge is 0.178 e. The molecule has 3 heteroatoms. The van der Waals surface area contributed by atoms with Gasteiger partial charge in [0.25, 0.3) is 0 Å². The normalized spacial score (nSPS) is 10.8. The molecule has 2 heterocycles. The first-order chi connectivity index (χ1) is 11.9. The number of hydrogen-bond donors (Lipinski definition) is 0. The number of para-hydroxylation sites is 1. The monoisotopic (exact) mass is 311 g/mol. The lowest BCUT2D eigenvalue weighted by Gasteiger charge is -2.05. The predicted octanol–water partition coefficient (Wildman–Crippen LogP) is 4.48. The summed E-state index contributed by atoms with van der Waals surface area (Å²) >= 11 is 0. The van der Waals surface area contributed by atoms with Crippen molar-refractivity contribution < 1.29 is 0 Å². The van der Waals surface area contributed by atoms with Crippen LogP contribution in [0.4, 0.5) is 0 Å². The summed E-state index contributed by atoms with van der Waals surface area (Å²) in [6.07, 6.45) is 3.75. The highest BCUT2D eigenvalue weighted by molar-refractivity contribution is 5.79. The Kier molecular flexibility index (Phi) is 3.98. The van der Waals surface area contributed by atoms with Gasteiger partial charge < -0.3 is 0 Å². The summed E-state index contributed by atoms with van der Waals surface area (Å²) in [7, 11) is 0. The standard InChI is InChI=1S/C21H17N3/c1-2-7-16(8-3-1)13-14-18-10-6-12-20(23-18)21-22-15-17-9-4-5-11-19(17)24-21/h1-12,15H,13-14H2. The molecule has 0 bridgehead atoms. The van der Waals surface area contributed by atoms with Gasteiger partial charge in [-0.3, -0.25) is 0 Å². The third-order valence-corrected chi connectivity index (χ3v) is 4.04. The van der Waals surface area contributed by atoms with E-state index in [4.69, 9.17) is 4.98 Å². The number of aryl methyl sites for hydroxylation is 2. The second-order valence-electron chi connectivity index (χ2n) is 5.75. The van der Waals surface area contributed by atoms with Crippen molar-refractivity contribution in [1.82, 2.24) is 15.0 Å². The molecule has 24 heavy (non-hydrogen) atoms. The summed E-state index contributed by atoms with van der Waals surface area (Å²) in [6.45, 7) is 0. The fourth-order valence-corrected chi connectivity index (χ4v) is 2.76. The molecule has 3 nitrogen and oxygen atoms in total. The minimum absolute atomic E-state index is 0.676. The lowest BCUT2D eigenvalue weighted by molar-refractivity contribution is 0.913. The third kappa shape index (κ3) is 3.15. The van der Waals surface area contributed by atoms with E-state index in [1.54, 1.807) is 0 Å². The molecule has 0 amide bonds. The van der Waals surface area contributed by atoms with Crippen LogP contribution < -0.4 is 0 Å². The molecule has 116 valence electrons. The average molecular weight is 311 g/mol. The first-order valence-corrected chi connectivity index (χ1v) is 8.10. The highest BCUT2D eigenvalue weighted by atomic mass is 14.9. The molecule has 0 radical (unpaired) electrons. The van der Waals surface area contributed by atoms with Gasteiger partial charge in [-0.25, -0.2) is 15.0 Å². The van der Waals surface area contributed by atoms with Gasteiger partial charge >= 0.3 is 0 Å². The average Bonchev–Trinajstić information content (AvgIpc) is 2.67. The first-order valence-electron chi connectivity index (χ1n) is 8.10. The number of aromatic nitrogens is 3. The Morgan fingerprint density at radius 2 is 1.50 bits per heavy atom. The van der Waals surface area contributed by atoms with Crippen LogP contribution in [0.5, 0.6) is 0 Å². The van der Waals surface area contributed by atoms with Crippen molar-refractivity contribution in [2.75, 3.05) is 0 Å². The Bertz CT molecular complexity index is 965. The van der Waals surface area contributed by atoms with Crippen LogP contribution in [0.15, 0.2) is 79.0 Å². The quantitative estimate of drug-likeness (QED) is 0.558. The fraction of sp³-hybridized carbons (Fsp3) is 0.0952. The topological polar surface area (TPSA) is 38.7 Å². The number of hydrogen-bond acceptors (Lipinski definition) is 3. The fourth-order valence-electron chi connectivity index (χ4n) is 2.76. The van der Waals surface area contributed by atoms with E-state index in [1.165, 1.54) is 5.56 Å². The van der Waals surface area contributed by atoms with Gasteiger partial charge in [-0.1, -0.05) is 54.6 Å². The molecule has 0 atom stereocenters. The molecule has 4 rings (SSSR count). The van der Waals surface area contributed by atoms with Crippen LogP contribution in [-0.4, -0.2) is 15.0 Å². The summed E-state index contributed by atoms with van der Waals surface area (Å²) < 4.78 is 0. The summed E-state index contributed by atoms with van der Waals surface area (Å²) in [5.41, 5.74) is 4.16. The molecule has 0 fully saturated rings. The van der Waals surface area contributed by atoms with E-state index in [1.807, 2.05) is 48.7 Å². The number of pyridine rings is 1. The zero-order chi connectivity index (χ0) is 16.2. The molecular weight excluding hydrogens is 294 g/mol. The summed E-state index contributed by atoms with van der Waals surface area (Å²) in [6, 6.07) is 24.5. The van der Waals surface area contributed by atoms with Gasteiger partial charge in [-0.05, 0) is 36.6 Å². The Hall–Kier alpha value is -3.07. The van der Waals surface area contributed by atoms with Crippen LogP contribution in [-0.2, 0) is 12.8 Å². The van der Waals surface area contributed by atoms with Crippen LogP contribution >= 0.6 is 0 Å². The van der Waals surface area contributed by atoms with Crippen molar-refractivity contribution in [2.24, 2.45) is 0 Å². The lowest BCUT2D eigenvalue weighted by atomic mass is 10.1. The Morgan fingerprint density at radius 1 is 0.667 bits per heavy atom. The van der Waals surface area contributed by atoms with E-state index in [9.17, 15) is 0 Å². The van der Waals surface area contributed by atoms with Gasteiger partial charge in [0.2, 0.25) is 0 Å². The van der Waals surface area contributed by atoms with Crippen LogP contribution in [0, 0.1) is 0 Å². The van der Waals surface area contributed by atoms with Gasteiger partial charge in [-0.2, -0.15) is 0 Å². The molecule has 0 aliphatic carbocycles. The molecule has 2 aromatic carbocycles. The molecule has 0 aliphatic rings. The second-order valence-corrected chi connectivity index (χ2v) is 5.75. The minimum Gasteiger partial charge on any atom is -0.249 e.